The first-order chi connectivity index (χ1) is 10.3. The van der Waals surface area contributed by atoms with E-state index in [0.29, 0.717) is 43.9 Å². The fraction of sp³-hybridized carbons (Fsp3) is 0.385. The zero-order valence-electron chi connectivity index (χ0n) is 11.5. The first-order valence-corrected chi connectivity index (χ1v) is 6.61. The number of aromatic nitrogens is 4. The number of hydrogen-bond donors (Lipinski definition) is 4. The number of carbonyl (C=O) groups is 1. The summed E-state index contributed by atoms with van der Waals surface area (Å²) in [4.78, 5) is 26.4. The molecule has 0 aliphatic heterocycles. The van der Waals surface area contributed by atoms with Crippen LogP contribution >= 0.6 is 0 Å². The second-order valence-electron chi connectivity index (χ2n) is 4.20. The molecule has 0 bridgehead atoms. The smallest absolute Gasteiger partial charge is 0.220 e. The molecular weight excluding hydrogens is 270 g/mol. The van der Waals surface area contributed by atoms with E-state index in [1.807, 2.05) is 0 Å². The van der Waals surface area contributed by atoms with E-state index < -0.39 is 0 Å². The SMILES string of the molecule is NCCCC(=O)NCC#CCNc1ncnc2nc[nH]c12. The third-order valence-corrected chi connectivity index (χ3v) is 2.67. The molecule has 2 aromatic rings. The lowest BCUT2D eigenvalue weighted by atomic mass is 10.3. The van der Waals surface area contributed by atoms with Crippen LogP contribution in [-0.4, -0.2) is 45.5 Å². The molecule has 0 aliphatic rings. The number of nitrogens with two attached hydrogens (primary N) is 1. The van der Waals surface area contributed by atoms with E-state index in [9.17, 15) is 4.79 Å². The number of aromatic amines is 1. The highest BCUT2D eigenvalue weighted by Gasteiger charge is 2.03. The summed E-state index contributed by atoms with van der Waals surface area (Å²) >= 11 is 0. The fourth-order valence-electron chi connectivity index (χ4n) is 1.65. The van der Waals surface area contributed by atoms with Gasteiger partial charge < -0.3 is 21.4 Å². The molecule has 0 aromatic carbocycles. The zero-order valence-corrected chi connectivity index (χ0v) is 11.5. The molecule has 2 heterocycles. The molecule has 0 fully saturated rings. The summed E-state index contributed by atoms with van der Waals surface area (Å²) in [5.74, 6) is 6.39. The molecule has 2 aromatic heterocycles. The molecule has 110 valence electrons. The summed E-state index contributed by atoms with van der Waals surface area (Å²) < 4.78 is 0. The summed E-state index contributed by atoms with van der Waals surface area (Å²) in [6.07, 6.45) is 4.13. The van der Waals surface area contributed by atoms with Crippen LogP contribution in [0.5, 0.6) is 0 Å². The minimum absolute atomic E-state index is 0.0299. The Bertz CT molecular complexity index is 655. The van der Waals surface area contributed by atoms with Crippen LogP contribution in [0.15, 0.2) is 12.7 Å². The number of nitrogens with zero attached hydrogens (tertiary/aromatic N) is 3. The van der Waals surface area contributed by atoms with Gasteiger partial charge in [-0.05, 0) is 13.0 Å². The van der Waals surface area contributed by atoms with E-state index in [-0.39, 0.29) is 5.91 Å². The van der Waals surface area contributed by atoms with Crippen molar-refractivity contribution in [2.75, 3.05) is 25.0 Å². The second-order valence-corrected chi connectivity index (χ2v) is 4.20. The Morgan fingerprint density at radius 3 is 3.00 bits per heavy atom. The van der Waals surface area contributed by atoms with Gasteiger partial charge in [-0.3, -0.25) is 4.79 Å². The summed E-state index contributed by atoms with van der Waals surface area (Å²) in [7, 11) is 0. The topological polar surface area (TPSA) is 122 Å². The lowest BCUT2D eigenvalue weighted by molar-refractivity contribution is -0.120. The minimum Gasteiger partial charge on any atom is -0.357 e. The van der Waals surface area contributed by atoms with Crippen LogP contribution in [0.1, 0.15) is 12.8 Å². The maximum Gasteiger partial charge on any atom is 0.220 e. The van der Waals surface area contributed by atoms with Gasteiger partial charge in [0.15, 0.2) is 11.5 Å². The van der Waals surface area contributed by atoms with Crippen LogP contribution in [-0.2, 0) is 4.79 Å². The molecule has 21 heavy (non-hydrogen) atoms. The molecule has 1 amide bonds. The molecule has 0 spiro atoms. The van der Waals surface area contributed by atoms with Gasteiger partial charge in [-0.2, -0.15) is 0 Å². The Morgan fingerprint density at radius 1 is 1.29 bits per heavy atom. The van der Waals surface area contributed by atoms with Gasteiger partial charge in [0, 0.05) is 6.42 Å². The number of fused-ring (bicyclic) bond motifs is 1. The van der Waals surface area contributed by atoms with Gasteiger partial charge in [0.05, 0.1) is 19.4 Å². The fourth-order valence-corrected chi connectivity index (χ4v) is 1.65. The van der Waals surface area contributed by atoms with Crippen LogP contribution in [0.25, 0.3) is 11.2 Å². The predicted molar refractivity (Wildman–Crippen MR) is 79.2 cm³/mol. The van der Waals surface area contributed by atoms with E-state index in [1.54, 1.807) is 6.33 Å². The highest BCUT2D eigenvalue weighted by molar-refractivity contribution is 5.82. The Labute approximate surface area is 122 Å². The van der Waals surface area contributed by atoms with Crippen molar-refractivity contribution in [3.63, 3.8) is 0 Å². The lowest BCUT2D eigenvalue weighted by Gasteiger charge is -2.01. The van der Waals surface area contributed by atoms with Crippen molar-refractivity contribution in [1.29, 1.82) is 0 Å². The third kappa shape index (κ3) is 4.43. The van der Waals surface area contributed by atoms with Crippen molar-refractivity contribution in [3.05, 3.63) is 12.7 Å². The van der Waals surface area contributed by atoms with Crippen LogP contribution in [0.4, 0.5) is 5.82 Å². The molecule has 0 unspecified atom stereocenters. The Hall–Kier alpha value is -2.66. The first kappa shape index (κ1) is 14.7. The maximum absolute atomic E-state index is 11.3. The van der Waals surface area contributed by atoms with Crippen molar-refractivity contribution in [3.8, 4) is 11.8 Å². The lowest BCUT2D eigenvalue weighted by Crippen LogP contribution is -2.24. The van der Waals surface area contributed by atoms with E-state index in [2.05, 4.69) is 42.4 Å². The van der Waals surface area contributed by atoms with Gasteiger partial charge in [0.1, 0.15) is 11.8 Å². The molecule has 8 heteroatoms. The summed E-state index contributed by atoms with van der Waals surface area (Å²) in [6, 6.07) is 0. The van der Waals surface area contributed by atoms with E-state index >= 15 is 0 Å². The second kappa shape index (κ2) is 7.81. The molecule has 0 aliphatic carbocycles. The number of nitrogens with one attached hydrogen (secondary N) is 3. The minimum atomic E-state index is -0.0299. The maximum atomic E-state index is 11.3. The highest BCUT2D eigenvalue weighted by atomic mass is 16.1. The number of rotatable bonds is 6. The molecule has 2 rings (SSSR count). The average molecular weight is 287 g/mol. The van der Waals surface area contributed by atoms with Crippen molar-refractivity contribution < 1.29 is 4.79 Å². The van der Waals surface area contributed by atoms with Crippen molar-refractivity contribution in [1.82, 2.24) is 25.3 Å². The van der Waals surface area contributed by atoms with Gasteiger partial charge in [0.25, 0.3) is 0 Å². The molecule has 8 nitrogen and oxygen atoms in total. The number of anilines is 1. The normalized spacial score (nSPS) is 9.95. The summed E-state index contributed by atoms with van der Waals surface area (Å²) in [5, 5.41) is 5.77. The summed E-state index contributed by atoms with van der Waals surface area (Å²) in [5.41, 5.74) is 6.67. The average Bonchev–Trinajstić information content (AvgIpc) is 2.97. The first-order valence-electron chi connectivity index (χ1n) is 6.61. The van der Waals surface area contributed by atoms with Crippen LogP contribution in [0, 0.1) is 11.8 Å². The third-order valence-electron chi connectivity index (χ3n) is 2.67. The number of imidazole rings is 1. The van der Waals surface area contributed by atoms with Gasteiger partial charge >= 0.3 is 0 Å². The number of amides is 1. The van der Waals surface area contributed by atoms with Crippen LogP contribution < -0.4 is 16.4 Å². The van der Waals surface area contributed by atoms with Gasteiger partial charge in [-0.1, -0.05) is 11.8 Å². The Kier molecular flexibility index (Phi) is 5.49. The van der Waals surface area contributed by atoms with E-state index in [0.717, 1.165) is 5.52 Å². The molecule has 0 radical (unpaired) electrons. The Balaban J connectivity index is 1.74. The van der Waals surface area contributed by atoms with Crippen molar-refractivity contribution >= 4 is 22.9 Å². The highest BCUT2D eigenvalue weighted by Crippen LogP contribution is 2.13. The predicted octanol–water partition coefficient (Wildman–Crippen LogP) is -0.377. The van der Waals surface area contributed by atoms with E-state index in [1.165, 1.54) is 6.33 Å². The van der Waals surface area contributed by atoms with Crippen LogP contribution in [0.2, 0.25) is 0 Å². The van der Waals surface area contributed by atoms with Crippen molar-refractivity contribution in [2.45, 2.75) is 12.8 Å². The summed E-state index contributed by atoms with van der Waals surface area (Å²) in [6.45, 7) is 1.27. The number of hydrogen-bond acceptors (Lipinski definition) is 6. The number of H-pyrrole nitrogens is 1. The van der Waals surface area contributed by atoms with Crippen molar-refractivity contribution in [2.24, 2.45) is 5.73 Å². The van der Waals surface area contributed by atoms with Gasteiger partial charge in [-0.15, -0.1) is 0 Å². The Morgan fingerprint density at radius 2 is 2.14 bits per heavy atom. The molecule has 0 saturated heterocycles. The quantitative estimate of drug-likeness (QED) is 0.537. The molecule has 0 saturated carbocycles. The monoisotopic (exact) mass is 287 g/mol. The molecule has 5 N–H and O–H groups in total. The standard InChI is InChI=1S/C13H17N7O/c14-5-3-4-10(21)15-6-1-2-7-16-12-11-13(18-8-17-11)20-9-19-12/h8-9H,3-7,14H2,(H,15,21)(H2,16,17,18,19,20). The largest absolute Gasteiger partial charge is 0.357 e. The number of carbonyl (C=O) groups excluding carboxylic acids is 1. The van der Waals surface area contributed by atoms with Gasteiger partial charge in [0.2, 0.25) is 5.91 Å². The zero-order chi connectivity index (χ0) is 14.9. The molecule has 0 atom stereocenters. The van der Waals surface area contributed by atoms with Crippen LogP contribution in [0.3, 0.4) is 0 Å². The molecular formula is C13H17N7O. The van der Waals surface area contributed by atoms with E-state index in [4.69, 9.17) is 5.73 Å². The van der Waals surface area contributed by atoms with Gasteiger partial charge in [-0.25, -0.2) is 15.0 Å².